The van der Waals surface area contributed by atoms with Crippen LogP contribution in [-0.2, 0) is 0 Å². The average molecular weight is 327 g/mol. The number of amides is 1. The third kappa shape index (κ3) is 4.62. The Kier molecular flexibility index (Phi) is 6.52. The number of halogens is 1. The first kappa shape index (κ1) is 16.2. The van der Waals surface area contributed by atoms with E-state index in [0.29, 0.717) is 12.6 Å². The van der Waals surface area contributed by atoms with Gasteiger partial charge in [0, 0.05) is 29.2 Å². The molecule has 0 fully saturated rings. The molecule has 106 valence electrons. The standard InChI is InChI=1S/C15H23BrN2O/c1-5-11(2)18(4)10-9-17-15(19)13-7-6-8-14(16)12(13)3/h6-8,11H,5,9-10H2,1-4H3,(H,17,19). The SMILES string of the molecule is CCC(C)N(C)CCNC(=O)c1cccc(Br)c1C. The summed E-state index contributed by atoms with van der Waals surface area (Å²) in [6.07, 6.45) is 1.12. The lowest BCUT2D eigenvalue weighted by molar-refractivity contribution is 0.0946. The van der Waals surface area contributed by atoms with E-state index >= 15 is 0 Å². The van der Waals surface area contributed by atoms with Crippen LogP contribution in [0.4, 0.5) is 0 Å². The first-order chi connectivity index (χ1) is 8.97. The Bertz CT molecular complexity index is 434. The van der Waals surface area contributed by atoms with Crippen LogP contribution in [0.2, 0.25) is 0 Å². The van der Waals surface area contributed by atoms with Gasteiger partial charge in [-0.1, -0.05) is 28.9 Å². The maximum atomic E-state index is 12.1. The number of carbonyl (C=O) groups is 1. The predicted octanol–water partition coefficient (Wildman–Crippen LogP) is 3.22. The smallest absolute Gasteiger partial charge is 0.251 e. The van der Waals surface area contributed by atoms with E-state index in [-0.39, 0.29) is 5.91 Å². The van der Waals surface area contributed by atoms with Crippen LogP contribution in [-0.4, -0.2) is 37.0 Å². The van der Waals surface area contributed by atoms with Crippen molar-refractivity contribution in [1.82, 2.24) is 10.2 Å². The van der Waals surface area contributed by atoms with E-state index in [9.17, 15) is 4.79 Å². The molecular weight excluding hydrogens is 304 g/mol. The zero-order valence-electron chi connectivity index (χ0n) is 12.2. The molecule has 19 heavy (non-hydrogen) atoms. The Morgan fingerprint density at radius 3 is 2.79 bits per heavy atom. The van der Waals surface area contributed by atoms with Gasteiger partial charge in [0.25, 0.3) is 5.91 Å². The first-order valence-electron chi connectivity index (χ1n) is 6.71. The van der Waals surface area contributed by atoms with E-state index in [4.69, 9.17) is 0 Å². The number of hydrogen-bond acceptors (Lipinski definition) is 2. The molecule has 0 bridgehead atoms. The van der Waals surface area contributed by atoms with Gasteiger partial charge in [0.2, 0.25) is 0 Å². The van der Waals surface area contributed by atoms with Gasteiger partial charge >= 0.3 is 0 Å². The predicted molar refractivity (Wildman–Crippen MR) is 83.6 cm³/mol. The summed E-state index contributed by atoms with van der Waals surface area (Å²) in [5, 5.41) is 2.98. The Labute approximate surface area is 124 Å². The van der Waals surface area contributed by atoms with E-state index in [1.807, 2.05) is 25.1 Å². The second-order valence-corrected chi connectivity index (χ2v) is 5.76. The van der Waals surface area contributed by atoms with Crippen LogP contribution < -0.4 is 5.32 Å². The van der Waals surface area contributed by atoms with Crippen molar-refractivity contribution in [3.63, 3.8) is 0 Å². The molecule has 0 aliphatic heterocycles. The number of carbonyl (C=O) groups excluding carboxylic acids is 1. The summed E-state index contributed by atoms with van der Waals surface area (Å²) < 4.78 is 0.969. The number of likely N-dealkylation sites (N-methyl/N-ethyl adjacent to an activating group) is 1. The van der Waals surface area contributed by atoms with E-state index in [0.717, 1.165) is 28.6 Å². The monoisotopic (exact) mass is 326 g/mol. The summed E-state index contributed by atoms with van der Waals surface area (Å²) in [7, 11) is 2.09. The van der Waals surface area contributed by atoms with Gasteiger partial charge in [-0.2, -0.15) is 0 Å². The van der Waals surface area contributed by atoms with E-state index in [1.54, 1.807) is 0 Å². The molecule has 0 aliphatic carbocycles. The van der Waals surface area contributed by atoms with Crippen LogP contribution in [0.25, 0.3) is 0 Å². The highest BCUT2D eigenvalue weighted by molar-refractivity contribution is 9.10. The molecule has 0 aromatic heterocycles. The minimum absolute atomic E-state index is 0.00338. The number of benzene rings is 1. The van der Waals surface area contributed by atoms with Crippen LogP contribution in [0.5, 0.6) is 0 Å². The maximum absolute atomic E-state index is 12.1. The normalized spacial score (nSPS) is 12.5. The number of nitrogens with zero attached hydrogens (tertiary/aromatic N) is 1. The van der Waals surface area contributed by atoms with Crippen LogP contribution >= 0.6 is 15.9 Å². The van der Waals surface area contributed by atoms with Crippen LogP contribution in [0.1, 0.15) is 36.2 Å². The third-order valence-corrected chi connectivity index (χ3v) is 4.46. The van der Waals surface area contributed by atoms with Crippen molar-refractivity contribution in [2.75, 3.05) is 20.1 Å². The summed E-state index contributed by atoms with van der Waals surface area (Å²) in [6, 6.07) is 6.23. The van der Waals surface area contributed by atoms with Gasteiger partial charge in [0.1, 0.15) is 0 Å². The molecule has 0 saturated heterocycles. The second kappa shape index (κ2) is 7.65. The Balaban J connectivity index is 2.50. The molecule has 1 aromatic carbocycles. The lowest BCUT2D eigenvalue weighted by Gasteiger charge is -2.23. The lowest BCUT2D eigenvalue weighted by Crippen LogP contribution is -2.37. The van der Waals surface area contributed by atoms with Crippen molar-refractivity contribution in [3.8, 4) is 0 Å². The molecule has 0 spiro atoms. The molecule has 1 aromatic rings. The molecule has 0 radical (unpaired) electrons. The summed E-state index contributed by atoms with van der Waals surface area (Å²) in [5.74, 6) is -0.00338. The molecule has 1 amide bonds. The molecule has 3 nitrogen and oxygen atoms in total. The van der Waals surface area contributed by atoms with Crippen molar-refractivity contribution >= 4 is 21.8 Å². The molecular formula is C15H23BrN2O. The van der Waals surface area contributed by atoms with Crippen LogP contribution in [0, 0.1) is 6.92 Å². The molecule has 1 rings (SSSR count). The largest absolute Gasteiger partial charge is 0.351 e. The highest BCUT2D eigenvalue weighted by Crippen LogP contribution is 2.19. The summed E-state index contributed by atoms with van der Waals surface area (Å²) in [4.78, 5) is 14.3. The molecule has 0 heterocycles. The molecule has 1 unspecified atom stereocenters. The van der Waals surface area contributed by atoms with Gasteiger partial charge in [-0.3, -0.25) is 4.79 Å². The van der Waals surface area contributed by atoms with Crippen molar-refractivity contribution in [3.05, 3.63) is 33.8 Å². The Hall–Kier alpha value is -0.870. The fraction of sp³-hybridized carbons (Fsp3) is 0.533. The van der Waals surface area contributed by atoms with Gasteiger partial charge in [-0.25, -0.2) is 0 Å². The van der Waals surface area contributed by atoms with Gasteiger partial charge in [0.05, 0.1) is 0 Å². The molecule has 0 aliphatic rings. The van der Waals surface area contributed by atoms with Crippen molar-refractivity contribution in [1.29, 1.82) is 0 Å². The minimum atomic E-state index is -0.00338. The zero-order chi connectivity index (χ0) is 14.4. The van der Waals surface area contributed by atoms with E-state index < -0.39 is 0 Å². The van der Waals surface area contributed by atoms with Gasteiger partial charge < -0.3 is 10.2 Å². The quantitative estimate of drug-likeness (QED) is 0.870. The highest BCUT2D eigenvalue weighted by Gasteiger charge is 2.11. The van der Waals surface area contributed by atoms with Crippen molar-refractivity contribution in [2.45, 2.75) is 33.2 Å². The second-order valence-electron chi connectivity index (χ2n) is 4.91. The number of rotatable bonds is 6. The topological polar surface area (TPSA) is 32.3 Å². The highest BCUT2D eigenvalue weighted by atomic mass is 79.9. The molecule has 1 atom stereocenters. The Morgan fingerprint density at radius 1 is 1.47 bits per heavy atom. The molecule has 4 heteroatoms. The summed E-state index contributed by atoms with van der Waals surface area (Å²) in [6.45, 7) is 7.86. The fourth-order valence-corrected chi connectivity index (χ4v) is 2.19. The van der Waals surface area contributed by atoms with Crippen LogP contribution in [0.3, 0.4) is 0 Å². The first-order valence-corrected chi connectivity index (χ1v) is 7.50. The van der Waals surface area contributed by atoms with Gasteiger partial charge in [-0.15, -0.1) is 0 Å². The maximum Gasteiger partial charge on any atom is 0.251 e. The third-order valence-electron chi connectivity index (χ3n) is 3.61. The average Bonchev–Trinajstić information content (AvgIpc) is 2.40. The van der Waals surface area contributed by atoms with Gasteiger partial charge in [-0.05, 0) is 45.0 Å². The number of hydrogen-bond donors (Lipinski definition) is 1. The summed E-state index contributed by atoms with van der Waals surface area (Å²) >= 11 is 3.45. The van der Waals surface area contributed by atoms with Crippen molar-refractivity contribution in [2.24, 2.45) is 0 Å². The van der Waals surface area contributed by atoms with Crippen molar-refractivity contribution < 1.29 is 4.79 Å². The van der Waals surface area contributed by atoms with Gasteiger partial charge in [0.15, 0.2) is 0 Å². The number of nitrogens with one attached hydrogen (secondary N) is 1. The van der Waals surface area contributed by atoms with E-state index in [1.165, 1.54) is 0 Å². The van der Waals surface area contributed by atoms with Crippen LogP contribution in [0.15, 0.2) is 22.7 Å². The zero-order valence-corrected chi connectivity index (χ0v) is 13.8. The Morgan fingerprint density at radius 2 is 2.16 bits per heavy atom. The fourth-order valence-electron chi connectivity index (χ4n) is 1.83. The van der Waals surface area contributed by atoms with E-state index in [2.05, 4.69) is 47.0 Å². The lowest BCUT2D eigenvalue weighted by atomic mass is 10.1. The summed E-state index contributed by atoms with van der Waals surface area (Å²) in [5.41, 5.74) is 1.72. The minimum Gasteiger partial charge on any atom is -0.351 e. The molecule has 1 N–H and O–H groups in total. The molecule has 0 saturated carbocycles.